The molecule has 22 heavy (non-hydrogen) atoms. The average molecular weight is 298 g/mol. The highest BCUT2D eigenvalue weighted by Crippen LogP contribution is 2.34. The maximum absolute atomic E-state index is 9.84. The summed E-state index contributed by atoms with van der Waals surface area (Å²) in [7, 11) is 0. The molecule has 0 fully saturated rings. The van der Waals surface area contributed by atoms with Gasteiger partial charge in [0, 0.05) is 0 Å². The van der Waals surface area contributed by atoms with Crippen LogP contribution in [0.15, 0.2) is 48.5 Å². The minimum atomic E-state index is -0.00859. The molecule has 0 saturated carbocycles. The van der Waals surface area contributed by atoms with Gasteiger partial charge in [-0.25, -0.2) is 0 Å². The third kappa shape index (κ3) is 5.55. The van der Waals surface area contributed by atoms with Crippen molar-refractivity contribution in [2.75, 3.05) is 0 Å². The molecule has 0 aromatic heterocycles. The van der Waals surface area contributed by atoms with E-state index >= 15 is 0 Å². The molecule has 0 aliphatic carbocycles. The van der Waals surface area contributed by atoms with Crippen molar-refractivity contribution >= 4 is 0 Å². The second-order valence-corrected chi connectivity index (χ2v) is 7.89. The Morgan fingerprint density at radius 1 is 0.727 bits per heavy atom. The molecule has 0 saturated heterocycles. The summed E-state index contributed by atoms with van der Waals surface area (Å²) in [5, 5.41) is 9.84. The normalized spacial score (nSPS) is 11.6. The molecule has 1 nitrogen and oxygen atoms in total. The van der Waals surface area contributed by atoms with Crippen LogP contribution in [0, 0.1) is 6.92 Å². The first-order valence-electron chi connectivity index (χ1n) is 7.87. The summed E-state index contributed by atoms with van der Waals surface area (Å²) in [5.74, 6) is 0.399. The van der Waals surface area contributed by atoms with E-state index in [9.17, 15) is 5.11 Å². The fraction of sp³-hybridized carbons (Fsp3) is 0.429. The van der Waals surface area contributed by atoms with E-state index in [2.05, 4.69) is 66.7 Å². The number of hydrogen-bond donors (Lipinski definition) is 1. The van der Waals surface area contributed by atoms with E-state index in [4.69, 9.17) is 0 Å². The minimum Gasteiger partial charge on any atom is -0.508 e. The topological polar surface area (TPSA) is 20.2 Å². The summed E-state index contributed by atoms with van der Waals surface area (Å²) in [6.07, 6.45) is 0. The third-order valence-electron chi connectivity index (χ3n) is 3.61. The SMILES string of the molecule is CC(C)(C)c1ccc(O)c(C(C)(C)C)c1.Cc1ccccc1. The Hall–Kier alpha value is -1.76. The van der Waals surface area contributed by atoms with Crippen molar-refractivity contribution < 1.29 is 5.11 Å². The summed E-state index contributed by atoms with van der Waals surface area (Å²) >= 11 is 0. The van der Waals surface area contributed by atoms with Crippen LogP contribution >= 0.6 is 0 Å². The predicted octanol–water partition coefficient (Wildman–Crippen LogP) is 5.98. The molecular formula is C21H30O. The minimum absolute atomic E-state index is 0.00859. The van der Waals surface area contributed by atoms with Gasteiger partial charge < -0.3 is 5.11 Å². The van der Waals surface area contributed by atoms with Crippen LogP contribution in [0.5, 0.6) is 5.75 Å². The molecule has 0 heterocycles. The largest absolute Gasteiger partial charge is 0.508 e. The van der Waals surface area contributed by atoms with Crippen molar-refractivity contribution in [3.63, 3.8) is 0 Å². The third-order valence-corrected chi connectivity index (χ3v) is 3.61. The quantitative estimate of drug-likeness (QED) is 0.634. The van der Waals surface area contributed by atoms with Crippen LogP contribution < -0.4 is 0 Å². The van der Waals surface area contributed by atoms with Gasteiger partial charge in [0.1, 0.15) is 5.75 Å². The maximum Gasteiger partial charge on any atom is 0.119 e. The van der Waals surface area contributed by atoms with E-state index in [1.54, 1.807) is 6.07 Å². The molecule has 0 aliphatic rings. The summed E-state index contributed by atoms with van der Waals surface area (Å²) in [5.41, 5.74) is 3.74. The molecule has 0 unspecified atom stereocenters. The van der Waals surface area contributed by atoms with Crippen molar-refractivity contribution in [2.24, 2.45) is 0 Å². The van der Waals surface area contributed by atoms with Crippen LogP contribution in [0.1, 0.15) is 58.2 Å². The lowest BCUT2D eigenvalue weighted by Crippen LogP contribution is -2.16. The summed E-state index contributed by atoms with van der Waals surface area (Å²) in [6, 6.07) is 16.2. The van der Waals surface area contributed by atoms with Gasteiger partial charge in [-0.2, -0.15) is 0 Å². The van der Waals surface area contributed by atoms with Crippen LogP contribution in [-0.4, -0.2) is 5.11 Å². The lowest BCUT2D eigenvalue weighted by atomic mass is 9.80. The first-order chi connectivity index (χ1) is 10.0. The van der Waals surface area contributed by atoms with E-state index in [0.717, 1.165) is 5.56 Å². The molecule has 0 bridgehead atoms. The number of rotatable bonds is 0. The molecule has 2 rings (SSSR count). The molecule has 2 aromatic rings. The highest BCUT2D eigenvalue weighted by atomic mass is 16.3. The van der Waals surface area contributed by atoms with Gasteiger partial charge in [0.15, 0.2) is 0 Å². The predicted molar refractivity (Wildman–Crippen MR) is 96.7 cm³/mol. The molecule has 0 spiro atoms. The lowest BCUT2D eigenvalue weighted by Gasteiger charge is -2.25. The summed E-state index contributed by atoms with van der Waals surface area (Å²) < 4.78 is 0. The maximum atomic E-state index is 9.84. The lowest BCUT2D eigenvalue weighted by molar-refractivity contribution is 0.444. The number of phenolic OH excluding ortho intramolecular Hbond substituents is 1. The Labute approximate surface area is 136 Å². The van der Waals surface area contributed by atoms with Crippen LogP contribution in [-0.2, 0) is 10.8 Å². The van der Waals surface area contributed by atoms with E-state index in [1.165, 1.54) is 11.1 Å². The monoisotopic (exact) mass is 298 g/mol. The van der Waals surface area contributed by atoms with Crippen molar-refractivity contribution in [1.29, 1.82) is 0 Å². The second kappa shape index (κ2) is 7.00. The number of aryl methyl sites for hydroxylation is 1. The van der Waals surface area contributed by atoms with E-state index in [0.29, 0.717) is 5.75 Å². The summed E-state index contributed by atoms with van der Waals surface area (Å²) in [4.78, 5) is 0. The van der Waals surface area contributed by atoms with Gasteiger partial charge in [-0.05, 0) is 34.9 Å². The number of hydrogen-bond acceptors (Lipinski definition) is 1. The Kier molecular flexibility index (Phi) is 5.82. The van der Waals surface area contributed by atoms with Gasteiger partial charge in [0.2, 0.25) is 0 Å². The van der Waals surface area contributed by atoms with E-state index in [-0.39, 0.29) is 10.8 Å². The van der Waals surface area contributed by atoms with Gasteiger partial charge in [-0.3, -0.25) is 0 Å². The fourth-order valence-corrected chi connectivity index (χ4v) is 2.14. The number of aromatic hydroxyl groups is 1. The molecule has 120 valence electrons. The Bertz CT molecular complexity index is 584. The molecule has 0 aliphatic heterocycles. The molecule has 0 radical (unpaired) electrons. The molecular weight excluding hydrogens is 268 g/mol. The van der Waals surface area contributed by atoms with Crippen LogP contribution in [0.2, 0.25) is 0 Å². The first-order valence-corrected chi connectivity index (χ1v) is 7.87. The van der Waals surface area contributed by atoms with Crippen molar-refractivity contribution in [2.45, 2.75) is 59.3 Å². The van der Waals surface area contributed by atoms with Crippen molar-refractivity contribution in [1.82, 2.24) is 0 Å². The van der Waals surface area contributed by atoms with Crippen LogP contribution in [0.3, 0.4) is 0 Å². The standard InChI is InChI=1S/C14H22O.C7H8/c1-13(2,3)10-7-8-12(15)11(9-10)14(4,5)6;1-7-5-3-2-4-6-7/h7-9,15H,1-6H3;2-6H,1H3. The molecule has 1 N–H and O–H groups in total. The first kappa shape index (κ1) is 18.3. The van der Waals surface area contributed by atoms with E-state index < -0.39 is 0 Å². The van der Waals surface area contributed by atoms with Gasteiger partial charge in [-0.15, -0.1) is 0 Å². The van der Waals surface area contributed by atoms with E-state index in [1.807, 2.05) is 24.3 Å². The fourth-order valence-electron chi connectivity index (χ4n) is 2.14. The zero-order valence-corrected chi connectivity index (χ0v) is 15.1. The smallest absolute Gasteiger partial charge is 0.119 e. The van der Waals surface area contributed by atoms with Gasteiger partial charge in [0.25, 0.3) is 0 Å². The van der Waals surface area contributed by atoms with Crippen LogP contribution in [0.25, 0.3) is 0 Å². The number of benzene rings is 2. The molecule has 0 atom stereocenters. The molecule has 2 aromatic carbocycles. The Morgan fingerprint density at radius 3 is 1.64 bits per heavy atom. The van der Waals surface area contributed by atoms with Crippen LogP contribution in [0.4, 0.5) is 0 Å². The zero-order valence-electron chi connectivity index (χ0n) is 15.1. The summed E-state index contributed by atoms with van der Waals surface area (Å²) in [6.45, 7) is 15.0. The molecule has 1 heteroatoms. The highest BCUT2D eigenvalue weighted by Gasteiger charge is 2.21. The Balaban J connectivity index is 0.000000287. The van der Waals surface area contributed by atoms with Crippen molar-refractivity contribution in [3.05, 3.63) is 65.2 Å². The second-order valence-electron chi connectivity index (χ2n) is 7.89. The Morgan fingerprint density at radius 2 is 1.27 bits per heavy atom. The van der Waals surface area contributed by atoms with Gasteiger partial charge >= 0.3 is 0 Å². The highest BCUT2D eigenvalue weighted by molar-refractivity contribution is 5.42. The van der Waals surface area contributed by atoms with Crippen molar-refractivity contribution in [3.8, 4) is 5.75 Å². The molecule has 0 amide bonds. The number of phenols is 1. The van der Waals surface area contributed by atoms with Gasteiger partial charge in [0.05, 0.1) is 0 Å². The average Bonchev–Trinajstić information content (AvgIpc) is 2.38. The van der Waals surface area contributed by atoms with Gasteiger partial charge in [-0.1, -0.05) is 89.6 Å². The zero-order chi connectivity index (χ0) is 17.0.